The smallest absolute Gasteiger partial charge is 0.401 e. The van der Waals surface area contributed by atoms with Crippen molar-refractivity contribution in [2.75, 3.05) is 0 Å². The molecule has 0 saturated heterocycles. The predicted octanol–water partition coefficient (Wildman–Crippen LogP) is 0.736. The SMILES string of the molecule is CC1CC=NN1[B-](n1cccn1)(n1cccn1)n1cccn1. The average molecular weight is 295 g/mol. The van der Waals surface area contributed by atoms with Crippen LogP contribution in [0.2, 0.25) is 0 Å². The highest BCUT2D eigenvalue weighted by Gasteiger charge is 2.44. The van der Waals surface area contributed by atoms with E-state index >= 15 is 0 Å². The number of nitrogens with zero attached hydrogens (tertiary/aromatic N) is 8. The summed E-state index contributed by atoms with van der Waals surface area (Å²) in [5.74, 6) is 0. The lowest BCUT2D eigenvalue weighted by Crippen LogP contribution is -2.70. The maximum atomic E-state index is 4.61. The molecule has 0 bridgehead atoms. The second kappa shape index (κ2) is 4.87. The maximum absolute atomic E-state index is 4.61. The first-order chi connectivity index (χ1) is 10.8. The van der Waals surface area contributed by atoms with Crippen LogP contribution in [0.3, 0.4) is 0 Å². The molecule has 4 heterocycles. The number of hydrazone groups is 1. The van der Waals surface area contributed by atoms with Gasteiger partial charge in [0.25, 0.3) is 0 Å². The molecule has 0 fully saturated rings. The molecule has 0 saturated carbocycles. The monoisotopic (exact) mass is 295 g/mol. The van der Waals surface area contributed by atoms with Crippen LogP contribution in [-0.4, -0.2) is 52.9 Å². The van der Waals surface area contributed by atoms with Crippen LogP contribution in [-0.2, 0) is 0 Å². The van der Waals surface area contributed by atoms with Gasteiger partial charge in [0.1, 0.15) is 0 Å². The summed E-state index contributed by atoms with van der Waals surface area (Å²) in [5, 5.41) is 18.1. The first kappa shape index (κ1) is 12.9. The van der Waals surface area contributed by atoms with E-state index in [1.54, 1.807) is 18.6 Å². The highest BCUT2D eigenvalue weighted by atomic mass is 15.6. The molecule has 1 atom stereocenters. The first-order valence-corrected chi connectivity index (χ1v) is 7.29. The number of rotatable bonds is 4. The Bertz CT molecular complexity index is 662. The third kappa shape index (κ3) is 1.65. The Hall–Kier alpha value is -2.84. The van der Waals surface area contributed by atoms with Crippen LogP contribution >= 0.6 is 0 Å². The Morgan fingerprint density at radius 3 is 1.68 bits per heavy atom. The van der Waals surface area contributed by atoms with E-state index in [4.69, 9.17) is 0 Å². The molecule has 0 amide bonds. The van der Waals surface area contributed by atoms with E-state index in [0.29, 0.717) is 0 Å². The second-order valence-electron chi connectivity index (χ2n) is 5.41. The fourth-order valence-corrected chi connectivity index (χ4v) is 3.13. The van der Waals surface area contributed by atoms with Crippen molar-refractivity contribution in [2.45, 2.75) is 19.4 Å². The quantitative estimate of drug-likeness (QED) is 0.666. The van der Waals surface area contributed by atoms with Crippen LogP contribution in [0.4, 0.5) is 0 Å². The summed E-state index contributed by atoms with van der Waals surface area (Å²) in [6.07, 6.45) is 13.8. The van der Waals surface area contributed by atoms with Gasteiger partial charge in [0.2, 0.25) is 0 Å². The Balaban J connectivity index is 2.03. The van der Waals surface area contributed by atoms with Crippen LogP contribution in [0, 0.1) is 0 Å². The zero-order chi connectivity index (χ0) is 15.0. The van der Waals surface area contributed by atoms with Crippen LogP contribution in [0.15, 0.2) is 60.5 Å². The molecule has 1 unspecified atom stereocenters. The van der Waals surface area contributed by atoms with E-state index in [1.807, 2.05) is 61.7 Å². The summed E-state index contributed by atoms with van der Waals surface area (Å²) in [6.45, 7) is 0.348. The van der Waals surface area contributed by atoms with Crippen LogP contribution in [0.5, 0.6) is 0 Å². The largest absolute Gasteiger partial charge is 0.462 e. The lowest BCUT2D eigenvalue weighted by Gasteiger charge is -2.49. The molecule has 22 heavy (non-hydrogen) atoms. The molecule has 9 heteroatoms. The zero-order valence-corrected chi connectivity index (χ0v) is 12.2. The van der Waals surface area contributed by atoms with Crippen LogP contribution in [0.25, 0.3) is 0 Å². The fourth-order valence-electron chi connectivity index (χ4n) is 3.13. The molecular formula is C13H16BN8-. The summed E-state index contributed by atoms with van der Waals surface area (Å²) < 4.78 is 5.62. The molecule has 0 spiro atoms. The highest BCUT2D eigenvalue weighted by molar-refractivity contribution is 6.71. The molecule has 0 aliphatic carbocycles. The molecule has 112 valence electrons. The van der Waals surface area contributed by atoms with E-state index in [1.165, 1.54) is 0 Å². The average Bonchev–Trinajstić information content (AvgIpc) is 3.32. The molecule has 0 radical (unpaired) electrons. The molecular weight excluding hydrogens is 279 g/mol. The minimum atomic E-state index is -1.79. The maximum Gasteiger partial charge on any atom is 0.462 e. The van der Waals surface area contributed by atoms with Gasteiger partial charge in [0.05, 0.1) is 0 Å². The molecule has 1 aliphatic heterocycles. The molecule has 4 rings (SSSR count). The van der Waals surface area contributed by atoms with Gasteiger partial charge in [-0.05, 0) is 43.7 Å². The molecule has 3 aromatic rings. The minimum Gasteiger partial charge on any atom is -0.401 e. The summed E-state index contributed by atoms with van der Waals surface area (Å²) in [7, 11) is 0. The van der Waals surface area contributed by atoms with Gasteiger partial charge in [-0.15, -0.1) is 0 Å². The molecule has 8 nitrogen and oxygen atoms in total. The normalized spacial score (nSPS) is 18.2. The van der Waals surface area contributed by atoms with E-state index < -0.39 is 6.69 Å². The van der Waals surface area contributed by atoms with Crippen molar-refractivity contribution in [3.8, 4) is 0 Å². The van der Waals surface area contributed by atoms with Crippen molar-refractivity contribution in [1.82, 2.24) is 34.0 Å². The van der Waals surface area contributed by atoms with Gasteiger partial charge >= 0.3 is 6.69 Å². The third-order valence-electron chi connectivity index (χ3n) is 4.11. The predicted molar refractivity (Wildman–Crippen MR) is 83.0 cm³/mol. The molecule has 1 aliphatic rings. The molecule has 0 N–H and O–H groups in total. The van der Waals surface area contributed by atoms with Crippen molar-refractivity contribution in [1.29, 1.82) is 0 Å². The van der Waals surface area contributed by atoms with Gasteiger partial charge < -0.3 is 18.7 Å². The highest BCUT2D eigenvalue weighted by Crippen LogP contribution is 2.24. The Labute approximate surface area is 127 Å². The minimum absolute atomic E-state index is 0.220. The van der Waals surface area contributed by atoms with E-state index in [2.05, 4.69) is 27.3 Å². The summed E-state index contributed by atoms with van der Waals surface area (Å²) in [6, 6.07) is 5.91. The van der Waals surface area contributed by atoms with Crippen molar-refractivity contribution < 1.29 is 0 Å². The van der Waals surface area contributed by atoms with Gasteiger partial charge in [-0.25, -0.2) is 20.4 Å². The van der Waals surface area contributed by atoms with Gasteiger partial charge in [0, 0.05) is 37.3 Å². The standard InChI is InChI=1S/C13H16BN8/c1-13-5-9-18-22(13)14(19-10-2-6-15-19,20-11-3-7-16-20)21-12-4-8-17-21/h2-4,6-13H,5H2,1H3/q-1. The van der Waals surface area contributed by atoms with Crippen molar-refractivity contribution in [3.05, 3.63) is 55.4 Å². The van der Waals surface area contributed by atoms with Crippen LogP contribution < -0.4 is 0 Å². The summed E-state index contributed by atoms with van der Waals surface area (Å²) in [5.41, 5.74) is 0. The number of hydrogen-bond acceptors (Lipinski definition) is 5. The summed E-state index contributed by atoms with van der Waals surface area (Å²) >= 11 is 0. The van der Waals surface area contributed by atoms with Crippen LogP contribution in [0.1, 0.15) is 13.3 Å². The van der Waals surface area contributed by atoms with Gasteiger partial charge in [-0.2, -0.15) is 0 Å². The Kier molecular flexibility index (Phi) is 2.85. The lowest BCUT2D eigenvalue weighted by atomic mass is 9.72. The fraction of sp³-hybridized carbons (Fsp3) is 0.231. The zero-order valence-electron chi connectivity index (χ0n) is 12.2. The number of aromatic nitrogens is 6. The van der Waals surface area contributed by atoms with Crippen molar-refractivity contribution in [3.63, 3.8) is 0 Å². The second-order valence-corrected chi connectivity index (χ2v) is 5.41. The first-order valence-electron chi connectivity index (χ1n) is 7.29. The Morgan fingerprint density at radius 1 is 0.864 bits per heavy atom. The van der Waals surface area contributed by atoms with E-state index in [9.17, 15) is 0 Å². The van der Waals surface area contributed by atoms with Gasteiger partial charge in [-0.3, -0.25) is 0 Å². The topological polar surface area (TPSA) is 69.1 Å². The molecule has 0 aromatic carbocycles. The summed E-state index contributed by atoms with van der Waals surface area (Å²) in [4.78, 5) is 2.03. The van der Waals surface area contributed by atoms with Gasteiger partial charge in [0.15, 0.2) is 0 Å². The van der Waals surface area contributed by atoms with Crippen molar-refractivity contribution in [2.24, 2.45) is 5.10 Å². The third-order valence-corrected chi connectivity index (χ3v) is 4.11. The van der Waals surface area contributed by atoms with Gasteiger partial charge in [-0.1, -0.05) is 0 Å². The van der Waals surface area contributed by atoms with E-state index in [0.717, 1.165) is 6.42 Å². The molecule has 3 aromatic heterocycles. The Morgan fingerprint density at radius 2 is 1.36 bits per heavy atom. The van der Waals surface area contributed by atoms with Crippen molar-refractivity contribution >= 4 is 12.9 Å². The number of hydrogen-bond donors (Lipinski definition) is 0. The van der Waals surface area contributed by atoms with E-state index in [-0.39, 0.29) is 6.04 Å². The lowest BCUT2D eigenvalue weighted by molar-refractivity contribution is 0.342.